The van der Waals surface area contributed by atoms with Crippen molar-refractivity contribution in [3.05, 3.63) is 59.5 Å². The van der Waals surface area contributed by atoms with Gasteiger partial charge >= 0.3 is 5.97 Å². The summed E-state index contributed by atoms with van der Waals surface area (Å²) in [5.74, 6) is -2.36. The number of fused-ring (bicyclic) bond motifs is 1. The predicted molar refractivity (Wildman–Crippen MR) is 76.6 cm³/mol. The number of aromatic nitrogens is 1. The number of halogens is 1. The SMILES string of the molecule is N#Cc1cn(-c2ccc(C(=O)O)cc2)c2cc(F)c(O)cc12. The van der Waals surface area contributed by atoms with Crippen LogP contribution in [0.15, 0.2) is 42.6 Å². The molecule has 1 heterocycles. The zero-order valence-corrected chi connectivity index (χ0v) is 11.1. The molecule has 0 saturated heterocycles. The Kier molecular flexibility index (Phi) is 3.04. The standard InChI is InChI=1S/C16H9FN2O3/c17-13-6-14-12(5-15(13)20)10(7-18)8-19(14)11-3-1-9(2-4-11)16(21)22/h1-6,8,20H,(H,21,22). The number of rotatable bonds is 2. The summed E-state index contributed by atoms with van der Waals surface area (Å²) >= 11 is 0. The Balaban J connectivity index is 2.24. The number of hydrogen-bond donors (Lipinski definition) is 2. The van der Waals surface area contributed by atoms with Crippen LogP contribution >= 0.6 is 0 Å². The van der Waals surface area contributed by atoms with Crippen LogP contribution in [-0.2, 0) is 0 Å². The lowest BCUT2D eigenvalue weighted by molar-refractivity contribution is 0.0697. The maximum atomic E-state index is 13.6. The van der Waals surface area contributed by atoms with Crippen LogP contribution in [0.1, 0.15) is 15.9 Å². The van der Waals surface area contributed by atoms with Gasteiger partial charge in [-0.25, -0.2) is 9.18 Å². The molecule has 0 amide bonds. The first kappa shape index (κ1) is 13.6. The molecule has 5 nitrogen and oxygen atoms in total. The van der Waals surface area contributed by atoms with Crippen molar-refractivity contribution in [2.75, 3.05) is 0 Å². The van der Waals surface area contributed by atoms with Gasteiger partial charge in [0, 0.05) is 23.3 Å². The third kappa shape index (κ3) is 2.05. The minimum Gasteiger partial charge on any atom is -0.505 e. The van der Waals surface area contributed by atoms with Crippen LogP contribution in [0.25, 0.3) is 16.6 Å². The average molecular weight is 296 g/mol. The van der Waals surface area contributed by atoms with Crippen LogP contribution in [0.4, 0.5) is 4.39 Å². The Morgan fingerprint density at radius 1 is 1.23 bits per heavy atom. The van der Waals surface area contributed by atoms with Crippen LogP contribution in [0, 0.1) is 17.1 Å². The Morgan fingerprint density at radius 3 is 2.50 bits per heavy atom. The van der Waals surface area contributed by atoms with E-state index in [4.69, 9.17) is 10.4 Å². The molecule has 3 aromatic rings. The van der Waals surface area contributed by atoms with E-state index in [1.165, 1.54) is 24.4 Å². The maximum Gasteiger partial charge on any atom is 0.335 e. The molecule has 0 atom stereocenters. The number of hydrogen-bond acceptors (Lipinski definition) is 3. The van der Waals surface area contributed by atoms with Gasteiger partial charge < -0.3 is 14.8 Å². The summed E-state index contributed by atoms with van der Waals surface area (Å²) in [5, 5.41) is 27.9. The lowest BCUT2D eigenvalue weighted by Crippen LogP contribution is -1.97. The van der Waals surface area contributed by atoms with Gasteiger partial charge in [0.1, 0.15) is 6.07 Å². The zero-order chi connectivity index (χ0) is 15.9. The summed E-state index contributed by atoms with van der Waals surface area (Å²) in [4.78, 5) is 10.9. The lowest BCUT2D eigenvalue weighted by atomic mass is 10.1. The van der Waals surface area contributed by atoms with Crippen molar-refractivity contribution in [1.29, 1.82) is 5.26 Å². The first-order valence-corrected chi connectivity index (χ1v) is 6.28. The van der Waals surface area contributed by atoms with Crippen molar-refractivity contribution in [3.63, 3.8) is 0 Å². The van der Waals surface area contributed by atoms with Gasteiger partial charge in [-0.15, -0.1) is 0 Å². The molecule has 3 rings (SSSR count). The van der Waals surface area contributed by atoms with E-state index in [1.807, 2.05) is 6.07 Å². The highest BCUT2D eigenvalue weighted by Gasteiger charge is 2.14. The summed E-state index contributed by atoms with van der Waals surface area (Å²) in [6.45, 7) is 0. The second-order valence-electron chi connectivity index (χ2n) is 4.70. The summed E-state index contributed by atoms with van der Waals surface area (Å²) < 4.78 is 15.2. The molecule has 0 spiro atoms. The highest BCUT2D eigenvalue weighted by Crippen LogP contribution is 2.30. The minimum atomic E-state index is -1.04. The van der Waals surface area contributed by atoms with Gasteiger partial charge in [-0.3, -0.25) is 0 Å². The molecular weight excluding hydrogens is 287 g/mol. The molecule has 22 heavy (non-hydrogen) atoms. The van der Waals surface area contributed by atoms with Crippen molar-refractivity contribution in [2.45, 2.75) is 0 Å². The molecule has 0 fully saturated rings. The molecule has 0 radical (unpaired) electrons. The van der Waals surface area contributed by atoms with Crippen LogP contribution < -0.4 is 0 Å². The van der Waals surface area contributed by atoms with Crippen molar-refractivity contribution >= 4 is 16.9 Å². The van der Waals surface area contributed by atoms with Crippen molar-refractivity contribution in [1.82, 2.24) is 4.57 Å². The van der Waals surface area contributed by atoms with E-state index in [9.17, 15) is 14.3 Å². The smallest absolute Gasteiger partial charge is 0.335 e. The molecule has 0 bridgehead atoms. The fourth-order valence-corrected chi connectivity index (χ4v) is 2.30. The Morgan fingerprint density at radius 2 is 1.91 bits per heavy atom. The van der Waals surface area contributed by atoms with Gasteiger partial charge in [0.2, 0.25) is 0 Å². The number of phenols is 1. The van der Waals surface area contributed by atoms with Crippen LogP contribution in [0.2, 0.25) is 0 Å². The molecular formula is C16H9FN2O3. The highest BCUT2D eigenvalue weighted by atomic mass is 19.1. The van der Waals surface area contributed by atoms with Gasteiger partial charge in [-0.05, 0) is 30.3 Å². The van der Waals surface area contributed by atoms with E-state index in [2.05, 4.69) is 0 Å². The molecule has 0 aliphatic carbocycles. The summed E-state index contributed by atoms with van der Waals surface area (Å²) in [6, 6.07) is 10.3. The zero-order valence-electron chi connectivity index (χ0n) is 11.1. The molecule has 0 saturated carbocycles. The summed E-state index contributed by atoms with van der Waals surface area (Å²) in [7, 11) is 0. The molecule has 2 aromatic carbocycles. The first-order valence-electron chi connectivity index (χ1n) is 6.28. The van der Waals surface area contributed by atoms with Gasteiger partial charge in [-0.2, -0.15) is 5.26 Å². The number of benzene rings is 2. The summed E-state index contributed by atoms with van der Waals surface area (Å²) in [5.41, 5.74) is 1.41. The van der Waals surface area contributed by atoms with Crippen LogP contribution in [0.5, 0.6) is 5.75 Å². The Bertz CT molecular complexity index is 937. The monoisotopic (exact) mass is 296 g/mol. The number of aromatic hydroxyl groups is 1. The van der Waals surface area contributed by atoms with Crippen molar-refractivity contribution < 1.29 is 19.4 Å². The second-order valence-corrected chi connectivity index (χ2v) is 4.70. The van der Waals surface area contributed by atoms with E-state index < -0.39 is 17.5 Å². The van der Waals surface area contributed by atoms with Gasteiger partial charge in [-0.1, -0.05) is 0 Å². The predicted octanol–water partition coefficient (Wildman–Crippen LogP) is 3.05. The Hall–Kier alpha value is -3.33. The Labute approximate surface area is 124 Å². The molecule has 6 heteroatoms. The molecule has 0 unspecified atom stereocenters. The molecule has 1 aromatic heterocycles. The molecule has 0 aliphatic rings. The average Bonchev–Trinajstić information content (AvgIpc) is 2.85. The van der Waals surface area contributed by atoms with Crippen LogP contribution in [-0.4, -0.2) is 20.7 Å². The van der Waals surface area contributed by atoms with E-state index in [0.29, 0.717) is 16.6 Å². The number of nitriles is 1. The van der Waals surface area contributed by atoms with Gasteiger partial charge in [0.05, 0.1) is 16.6 Å². The number of nitrogens with zero attached hydrogens (tertiary/aromatic N) is 2. The largest absolute Gasteiger partial charge is 0.505 e. The lowest BCUT2D eigenvalue weighted by Gasteiger charge is -2.06. The van der Waals surface area contributed by atoms with E-state index in [-0.39, 0.29) is 11.1 Å². The highest BCUT2D eigenvalue weighted by molar-refractivity contribution is 5.90. The van der Waals surface area contributed by atoms with Crippen molar-refractivity contribution in [2.24, 2.45) is 0 Å². The van der Waals surface area contributed by atoms with E-state index >= 15 is 0 Å². The van der Waals surface area contributed by atoms with Crippen molar-refractivity contribution in [3.8, 4) is 17.5 Å². The normalized spacial score (nSPS) is 10.5. The second kappa shape index (κ2) is 4.90. The fraction of sp³-hybridized carbons (Fsp3) is 0. The van der Waals surface area contributed by atoms with Crippen LogP contribution in [0.3, 0.4) is 0 Å². The van der Waals surface area contributed by atoms with E-state index in [1.54, 1.807) is 16.7 Å². The number of carboxylic acid groups (broad SMARTS) is 1. The third-order valence-corrected chi connectivity index (χ3v) is 3.39. The third-order valence-electron chi connectivity index (χ3n) is 3.39. The first-order chi connectivity index (χ1) is 10.5. The molecule has 108 valence electrons. The van der Waals surface area contributed by atoms with E-state index in [0.717, 1.165) is 6.07 Å². The van der Waals surface area contributed by atoms with Gasteiger partial charge in [0.15, 0.2) is 11.6 Å². The maximum absolute atomic E-state index is 13.6. The molecule has 2 N–H and O–H groups in total. The quantitative estimate of drug-likeness (QED) is 0.761. The number of carbonyl (C=O) groups is 1. The fourth-order valence-electron chi connectivity index (χ4n) is 2.30. The molecule has 0 aliphatic heterocycles. The summed E-state index contributed by atoms with van der Waals surface area (Å²) in [6.07, 6.45) is 1.51. The number of phenolic OH excluding ortho intramolecular Hbond substituents is 1. The number of aromatic carboxylic acids is 1. The topological polar surface area (TPSA) is 86.2 Å². The van der Waals surface area contributed by atoms with Gasteiger partial charge in [0.25, 0.3) is 0 Å². The minimum absolute atomic E-state index is 0.129. The number of carboxylic acids is 1.